The van der Waals surface area contributed by atoms with Crippen LogP contribution in [0.5, 0.6) is 0 Å². The van der Waals surface area contributed by atoms with Crippen molar-refractivity contribution in [2.75, 3.05) is 0 Å². The molecule has 1 N–H and O–H groups in total. The summed E-state index contributed by atoms with van der Waals surface area (Å²) < 4.78 is 2.89. The fourth-order valence-electron chi connectivity index (χ4n) is 3.57. The zero-order valence-corrected chi connectivity index (χ0v) is 15.9. The lowest BCUT2D eigenvalue weighted by Crippen LogP contribution is -2.24. The van der Waals surface area contributed by atoms with Crippen molar-refractivity contribution in [3.05, 3.63) is 57.3 Å². The van der Waals surface area contributed by atoms with Gasteiger partial charge in [0.05, 0.1) is 11.6 Å². The fraction of sp³-hybridized carbons (Fsp3) is 0.400. The average molecular weight is 404 g/mol. The molecule has 1 atom stereocenters. The van der Waals surface area contributed by atoms with Gasteiger partial charge in [0, 0.05) is 22.3 Å². The van der Waals surface area contributed by atoms with E-state index in [1.54, 1.807) is 0 Å². The summed E-state index contributed by atoms with van der Waals surface area (Å²) in [4.78, 5) is 24.8. The van der Waals surface area contributed by atoms with E-state index in [2.05, 4.69) is 22.9 Å². The van der Waals surface area contributed by atoms with E-state index in [1.165, 1.54) is 0 Å². The van der Waals surface area contributed by atoms with E-state index in [1.807, 2.05) is 34.9 Å². The monoisotopic (exact) mass is 403 g/mol. The SMILES string of the molecule is CCCCc1cc2n(c1C(=O)c1ccc(Br)cc1)CCCC2C(=O)O. The van der Waals surface area contributed by atoms with Crippen LogP contribution in [0.4, 0.5) is 0 Å². The van der Waals surface area contributed by atoms with Crippen LogP contribution in [0, 0.1) is 0 Å². The number of aliphatic carboxylic acids is 1. The fourth-order valence-corrected chi connectivity index (χ4v) is 3.84. The van der Waals surface area contributed by atoms with Gasteiger partial charge in [0.25, 0.3) is 0 Å². The standard InChI is InChI=1S/C20H22BrNO3/c1-2-3-5-14-12-17-16(20(24)25)6-4-11-22(17)18(14)19(23)13-7-9-15(21)10-8-13/h7-10,12,16H,2-6,11H2,1H3,(H,24,25). The van der Waals surface area contributed by atoms with Gasteiger partial charge in [-0.05, 0) is 61.6 Å². The smallest absolute Gasteiger partial charge is 0.312 e. The van der Waals surface area contributed by atoms with E-state index in [4.69, 9.17) is 0 Å². The van der Waals surface area contributed by atoms with Crippen molar-refractivity contribution in [1.82, 2.24) is 4.57 Å². The van der Waals surface area contributed by atoms with Crippen molar-refractivity contribution < 1.29 is 14.7 Å². The van der Waals surface area contributed by atoms with Crippen molar-refractivity contribution in [3.8, 4) is 0 Å². The molecule has 1 aliphatic rings. The van der Waals surface area contributed by atoms with Gasteiger partial charge in [0.1, 0.15) is 0 Å². The van der Waals surface area contributed by atoms with E-state index in [-0.39, 0.29) is 5.78 Å². The molecule has 5 heteroatoms. The van der Waals surface area contributed by atoms with E-state index < -0.39 is 11.9 Å². The second-order valence-electron chi connectivity index (χ2n) is 6.57. The maximum atomic E-state index is 13.2. The number of aromatic nitrogens is 1. The summed E-state index contributed by atoms with van der Waals surface area (Å²) in [6.07, 6.45) is 4.25. The van der Waals surface area contributed by atoms with Crippen molar-refractivity contribution >= 4 is 27.7 Å². The molecule has 2 heterocycles. The van der Waals surface area contributed by atoms with E-state index >= 15 is 0 Å². The van der Waals surface area contributed by atoms with Gasteiger partial charge in [-0.1, -0.05) is 29.3 Å². The van der Waals surface area contributed by atoms with Crippen LogP contribution in [0.2, 0.25) is 0 Å². The van der Waals surface area contributed by atoms with Gasteiger partial charge >= 0.3 is 5.97 Å². The van der Waals surface area contributed by atoms with Crippen LogP contribution in [-0.2, 0) is 17.8 Å². The van der Waals surface area contributed by atoms with E-state index in [9.17, 15) is 14.7 Å². The first kappa shape index (κ1) is 17.9. The van der Waals surface area contributed by atoms with Crippen molar-refractivity contribution in [2.24, 2.45) is 0 Å². The molecule has 0 spiro atoms. The Morgan fingerprint density at radius 1 is 1.28 bits per heavy atom. The normalized spacial score (nSPS) is 16.5. The summed E-state index contributed by atoms with van der Waals surface area (Å²) in [6.45, 7) is 2.83. The van der Waals surface area contributed by atoms with Crippen molar-refractivity contribution in [2.45, 2.75) is 51.5 Å². The third kappa shape index (κ3) is 3.56. The number of ketones is 1. The number of hydrogen-bond donors (Lipinski definition) is 1. The van der Waals surface area contributed by atoms with Crippen molar-refractivity contribution in [1.29, 1.82) is 0 Å². The minimum Gasteiger partial charge on any atom is -0.481 e. The first-order chi connectivity index (χ1) is 12.0. The first-order valence-electron chi connectivity index (χ1n) is 8.78. The van der Waals surface area contributed by atoms with Gasteiger partial charge < -0.3 is 9.67 Å². The molecule has 0 aliphatic carbocycles. The number of rotatable bonds is 6. The lowest BCUT2D eigenvalue weighted by molar-refractivity contribution is -0.139. The lowest BCUT2D eigenvalue weighted by atomic mass is 9.96. The Morgan fingerprint density at radius 3 is 2.64 bits per heavy atom. The zero-order valence-electron chi connectivity index (χ0n) is 14.3. The number of benzene rings is 1. The number of carbonyl (C=O) groups excluding carboxylic acids is 1. The summed E-state index contributed by atoms with van der Waals surface area (Å²) in [5.41, 5.74) is 3.08. The number of fused-ring (bicyclic) bond motifs is 1. The van der Waals surface area contributed by atoms with Crippen LogP contribution < -0.4 is 0 Å². The van der Waals surface area contributed by atoms with Crippen LogP contribution >= 0.6 is 15.9 Å². The molecule has 0 saturated heterocycles. The molecule has 2 aromatic rings. The third-order valence-electron chi connectivity index (χ3n) is 4.86. The summed E-state index contributed by atoms with van der Waals surface area (Å²) in [5.74, 6) is -1.33. The van der Waals surface area contributed by atoms with Crippen molar-refractivity contribution in [3.63, 3.8) is 0 Å². The maximum Gasteiger partial charge on any atom is 0.312 e. The third-order valence-corrected chi connectivity index (χ3v) is 5.39. The van der Waals surface area contributed by atoms with Crippen LogP contribution in [-0.4, -0.2) is 21.4 Å². The second kappa shape index (κ2) is 7.56. The molecule has 1 aromatic carbocycles. The molecule has 0 saturated carbocycles. The number of carbonyl (C=O) groups is 2. The molecule has 132 valence electrons. The minimum atomic E-state index is -0.803. The molecule has 0 amide bonds. The zero-order chi connectivity index (χ0) is 18.0. The number of unbranched alkanes of at least 4 members (excludes halogenated alkanes) is 1. The van der Waals surface area contributed by atoms with Gasteiger partial charge in [0.15, 0.2) is 0 Å². The van der Waals surface area contributed by atoms with E-state index in [0.29, 0.717) is 24.2 Å². The molecule has 0 bridgehead atoms. The quantitative estimate of drug-likeness (QED) is 0.705. The highest BCUT2D eigenvalue weighted by atomic mass is 79.9. The first-order valence-corrected chi connectivity index (χ1v) is 9.57. The van der Waals surface area contributed by atoms with Gasteiger partial charge in [-0.2, -0.15) is 0 Å². The van der Waals surface area contributed by atoms with Gasteiger partial charge in [0.2, 0.25) is 5.78 Å². The lowest BCUT2D eigenvalue weighted by Gasteiger charge is -2.23. The predicted octanol–water partition coefficient (Wildman–Crippen LogP) is 4.79. The highest BCUT2D eigenvalue weighted by molar-refractivity contribution is 9.10. The minimum absolute atomic E-state index is 0.0177. The Morgan fingerprint density at radius 2 is 2.00 bits per heavy atom. The number of halogens is 1. The maximum absolute atomic E-state index is 13.2. The number of nitrogens with zero attached hydrogens (tertiary/aromatic N) is 1. The topological polar surface area (TPSA) is 59.3 Å². The van der Waals surface area contributed by atoms with Crippen LogP contribution in [0.1, 0.15) is 65.8 Å². The molecular formula is C20H22BrNO3. The summed E-state index contributed by atoms with van der Waals surface area (Å²) in [6, 6.07) is 9.30. The molecule has 3 rings (SSSR count). The van der Waals surface area contributed by atoms with Crippen LogP contribution in [0.25, 0.3) is 0 Å². The molecule has 1 aromatic heterocycles. The largest absolute Gasteiger partial charge is 0.481 e. The average Bonchev–Trinajstić information content (AvgIpc) is 2.98. The molecule has 0 fully saturated rings. The molecule has 1 unspecified atom stereocenters. The number of carboxylic acid groups (broad SMARTS) is 1. The molecule has 0 radical (unpaired) electrons. The van der Waals surface area contributed by atoms with Gasteiger partial charge in [-0.25, -0.2) is 0 Å². The van der Waals surface area contributed by atoms with E-state index in [0.717, 1.165) is 41.4 Å². The molecule has 4 nitrogen and oxygen atoms in total. The van der Waals surface area contributed by atoms with Crippen LogP contribution in [0.3, 0.4) is 0 Å². The highest BCUT2D eigenvalue weighted by Gasteiger charge is 2.31. The summed E-state index contributed by atoms with van der Waals surface area (Å²) >= 11 is 3.39. The Labute approximate surface area is 156 Å². The second-order valence-corrected chi connectivity index (χ2v) is 7.48. The Balaban J connectivity index is 2.08. The molecule has 25 heavy (non-hydrogen) atoms. The Hall–Kier alpha value is -1.88. The van der Waals surface area contributed by atoms with Gasteiger partial charge in [-0.15, -0.1) is 0 Å². The number of carboxylic acids is 1. The molecular weight excluding hydrogens is 382 g/mol. The molecule has 1 aliphatic heterocycles. The highest BCUT2D eigenvalue weighted by Crippen LogP contribution is 2.33. The summed E-state index contributed by atoms with van der Waals surface area (Å²) in [7, 11) is 0. The number of hydrogen-bond acceptors (Lipinski definition) is 2. The predicted molar refractivity (Wildman–Crippen MR) is 100 cm³/mol. The summed E-state index contributed by atoms with van der Waals surface area (Å²) in [5, 5.41) is 9.54. The van der Waals surface area contributed by atoms with Crippen LogP contribution in [0.15, 0.2) is 34.8 Å². The Kier molecular flexibility index (Phi) is 5.42. The number of aryl methyl sites for hydroxylation is 1. The van der Waals surface area contributed by atoms with Gasteiger partial charge in [-0.3, -0.25) is 9.59 Å². The Bertz CT molecular complexity index is 792.